The van der Waals surface area contributed by atoms with Gasteiger partial charge in [0.15, 0.2) is 12.4 Å². The first-order valence-corrected chi connectivity index (χ1v) is 8.82. The number of alkyl halides is 3. The lowest BCUT2D eigenvalue weighted by Gasteiger charge is -2.39. The Morgan fingerprint density at radius 3 is 2.35 bits per heavy atom. The number of carbonyl (C=O) groups is 1. The topological polar surface area (TPSA) is 75.2 Å². The van der Waals surface area contributed by atoms with E-state index in [1.807, 2.05) is 0 Å². The number of amides is 1. The van der Waals surface area contributed by atoms with Crippen molar-refractivity contribution in [1.29, 1.82) is 0 Å². The second-order valence-electron chi connectivity index (χ2n) is 6.87. The molecular weight excluding hydrogens is 359 g/mol. The van der Waals surface area contributed by atoms with Gasteiger partial charge in [-0.1, -0.05) is 19.3 Å². The maximum Gasteiger partial charge on any atom is 0.440 e. The minimum absolute atomic E-state index is 0.000134. The maximum absolute atomic E-state index is 13.0. The Kier molecular flexibility index (Phi) is 5.95. The monoisotopic (exact) mass is 383 g/mol. The molecule has 7 nitrogen and oxygen atoms in total. The average molecular weight is 383 g/mol. The molecule has 3 fully saturated rings. The molecule has 10 heteroatoms. The van der Waals surface area contributed by atoms with Crippen LogP contribution in [0.25, 0.3) is 0 Å². The van der Waals surface area contributed by atoms with Crippen molar-refractivity contribution >= 4 is 6.09 Å². The van der Waals surface area contributed by atoms with Gasteiger partial charge in [-0.3, -0.25) is 0 Å². The van der Waals surface area contributed by atoms with E-state index in [0.29, 0.717) is 0 Å². The molecule has 1 amide bonds. The number of hydrogen-bond acceptors (Lipinski definition) is 6. The lowest BCUT2D eigenvalue weighted by atomic mass is 9.96. The third-order valence-electron chi connectivity index (χ3n) is 4.96. The van der Waals surface area contributed by atoms with Gasteiger partial charge in [0.25, 0.3) is 6.29 Å². The summed E-state index contributed by atoms with van der Waals surface area (Å²) in [6.07, 6.45) is -8.00. The van der Waals surface area contributed by atoms with Crippen LogP contribution in [0.1, 0.15) is 39.0 Å². The quantitative estimate of drug-likeness (QED) is 0.807. The minimum atomic E-state index is -4.69. The predicted octanol–water partition coefficient (Wildman–Crippen LogP) is 2.48. The van der Waals surface area contributed by atoms with Crippen molar-refractivity contribution < 1.29 is 41.7 Å². The third kappa shape index (κ3) is 4.24. The van der Waals surface area contributed by atoms with Gasteiger partial charge in [-0.25, -0.2) is 4.79 Å². The number of nitrogens with one attached hydrogen (secondary N) is 1. The second-order valence-corrected chi connectivity index (χ2v) is 6.87. The van der Waals surface area contributed by atoms with Gasteiger partial charge in [-0.2, -0.15) is 13.2 Å². The molecule has 0 aromatic rings. The molecule has 2 aliphatic heterocycles. The van der Waals surface area contributed by atoms with Crippen LogP contribution in [0.2, 0.25) is 0 Å². The van der Waals surface area contributed by atoms with Crippen LogP contribution in [-0.4, -0.2) is 62.4 Å². The third-order valence-corrected chi connectivity index (χ3v) is 4.96. The van der Waals surface area contributed by atoms with E-state index in [-0.39, 0.29) is 6.04 Å². The summed E-state index contributed by atoms with van der Waals surface area (Å²) in [6.45, 7) is 1.56. The highest BCUT2D eigenvalue weighted by atomic mass is 19.4. The number of rotatable bonds is 3. The molecule has 1 N–H and O–H groups in total. The van der Waals surface area contributed by atoms with E-state index in [9.17, 15) is 18.0 Å². The molecule has 150 valence electrons. The summed E-state index contributed by atoms with van der Waals surface area (Å²) >= 11 is 0. The van der Waals surface area contributed by atoms with Crippen LogP contribution in [0.3, 0.4) is 0 Å². The largest absolute Gasteiger partial charge is 0.440 e. The molecule has 26 heavy (non-hydrogen) atoms. The summed E-state index contributed by atoms with van der Waals surface area (Å²) in [7, 11) is 1.32. The first-order chi connectivity index (χ1) is 12.3. The molecule has 0 bridgehead atoms. The number of carbonyl (C=O) groups excluding carboxylic acids is 1. The van der Waals surface area contributed by atoms with Crippen molar-refractivity contribution in [1.82, 2.24) is 5.32 Å². The van der Waals surface area contributed by atoms with Gasteiger partial charge in [0.2, 0.25) is 0 Å². The molecule has 6 atom stereocenters. The van der Waals surface area contributed by atoms with Gasteiger partial charge in [0.1, 0.15) is 12.2 Å². The molecule has 0 spiro atoms. The maximum atomic E-state index is 13.0. The Bertz CT molecular complexity index is 499. The minimum Gasteiger partial charge on any atom is -0.438 e. The summed E-state index contributed by atoms with van der Waals surface area (Å²) in [5.74, 6) is 0. The van der Waals surface area contributed by atoms with Crippen molar-refractivity contribution in [3.05, 3.63) is 0 Å². The number of alkyl carbamates (subject to hydrolysis) is 1. The summed E-state index contributed by atoms with van der Waals surface area (Å²) in [5, 5.41) is 2.75. The van der Waals surface area contributed by atoms with Gasteiger partial charge < -0.3 is 29.0 Å². The molecular formula is C16H24F3NO6. The van der Waals surface area contributed by atoms with E-state index in [4.69, 9.17) is 23.7 Å². The highest BCUT2D eigenvalue weighted by Crippen LogP contribution is 2.39. The zero-order valence-electron chi connectivity index (χ0n) is 14.7. The molecule has 0 radical (unpaired) electrons. The summed E-state index contributed by atoms with van der Waals surface area (Å²) < 4.78 is 64.9. The average Bonchev–Trinajstić information content (AvgIpc) is 3.04. The van der Waals surface area contributed by atoms with Crippen molar-refractivity contribution in [2.75, 3.05) is 7.11 Å². The molecule has 2 heterocycles. The summed E-state index contributed by atoms with van der Waals surface area (Å²) in [5.41, 5.74) is 0. The Hall–Kier alpha value is -1.10. The standard InChI is InChI=1S/C16H24F3NO6/c1-8-10-11(25-14(24-10)16(17,18)19)12(13(22-2)23-8)26-15(21)20-9-6-4-3-5-7-9/h8-14H,3-7H2,1-2H3,(H,20,21)/t8-,10-,11-,12+,13+,14-/m0/s1. The zero-order chi connectivity index (χ0) is 18.9. The highest BCUT2D eigenvalue weighted by molar-refractivity contribution is 5.68. The van der Waals surface area contributed by atoms with Crippen molar-refractivity contribution in [3.63, 3.8) is 0 Å². The number of fused-ring (bicyclic) bond motifs is 1. The normalized spacial score (nSPS) is 38.7. The van der Waals surface area contributed by atoms with Crippen LogP contribution < -0.4 is 5.32 Å². The van der Waals surface area contributed by atoms with Crippen LogP contribution >= 0.6 is 0 Å². The SMILES string of the molecule is CO[C@@H]1O[C@@H](C)[C@@H]2O[C@H](C(F)(F)F)O[C@@H]2[C@H]1OC(=O)NC1CCCCC1. The summed E-state index contributed by atoms with van der Waals surface area (Å²) in [4.78, 5) is 12.2. The van der Waals surface area contributed by atoms with Crippen molar-refractivity contribution in [2.24, 2.45) is 0 Å². The van der Waals surface area contributed by atoms with E-state index >= 15 is 0 Å². The molecule has 1 saturated carbocycles. The van der Waals surface area contributed by atoms with E-state index in [1.165, 1.54) is 7.11 Å². The molecule has 1 aliphatic carbocycles. The Morgan fingerprint density at radius 2 is 1.73 bits per heavy atom. The molecule has 0 unspecified atom stereocenters. The smallest absolute Gasteiger partial charge is 0.438 e. The summed E-state index contributed by atoms with van der Waals surface area (Å²) in [6, 6.07) is 0.000134. The van der Waals surface area contributed by atoms with E-state index < -0.39 is 49.3 Å². The van der Waals surface area contributed by atoms with Crippen LogP contribution in [0.5, 0.6) is 0 Å². The fraction of sp³-hybridized carbons (Fsp3) is 0.938. The fourth-order valence-electron chi connectivity index (χ4n) is 3.67. The Morgan fingerprint density at radius 1 is 1.08 bits per heavy atom. The van der Waals surface area contributed by atoms with Gasteiger partial charge in [-0.05, 0) is 19.8 Å². The Balaban J connectivity index is 1.67. The van der Waals surface area contributed by atoms with E-state index in [1.54, 1.807) is 6.92 Å². The first kappa shape index (κ1) is 19.7. The first-order valence-electron chi connectivity index (χ1n) is 8.82. The zero-order valence-corrected chi connectivity index (χ0v) is 14.7. The highest BCUT2D eigenvalue weighted by Gasteiger charge is 2.59. The van der Waals surface area contributed by atoms with Crippen LogP contribution in [0, 0.1) is 0 Å². The van der Waals surface area contributed by atoms with Gasteiger partial charge in [0, 0.05) is 13.2 Å². The van der Waals surface area contributed by atoms with E-state index in [2.05, 4.69) is 5.32 Å². The lowest BCUT2D eigenvalue weighted by molar-refractivity contribution is -0.282. The second kappa shape index (κ2) is 7.87. The molecule has 3 rings (SSSR count). The molecule has 0 aromatic heterocycles. The van der Waals surface area contributed by atoms with Crippen LogP contribution in [0.4, 0.5) is 18.0 Å². The van der Waals surface area contributed by atoms with Crippen LogP contribution in [-0.2, 0) is 23.7 Å². The number of methoxy groups -OCH3 is 1. The van der Waals surface area contributed by atoms with Gasteiger partial charge in [-0.15, -0.1) is 0 Å². The molecule has 2 saturated heterocycles. The number of hydrogen-bond donors (Lipinski definition) is 1. The Labute approximate surface area is 149 Å². The lowest BCUT2D eigenvalue weighted by Crippen LogP contribution is -2.58. The number of ether oxygens (including phenoxy) is 5. The predicted molar refractivity (Wildman–Crippen MR) is 81.2 cm³/mol. The fourth-order valence-corrected chi connectivity index (χ4v) is 3.67. The molecule has 0 aromatic carbocycles. The van der Waals surface area contributed by atoms with Gasteiger partial charge >= 0.3 is 12.3 Å². The van der Waals surface area contributed by atoms with Crippen LogP contribution in [0.15, 0.2) is 0 Å². The van der Waals surface area contributed by atoms with Gasteiger partial charge in [0.05, 0.1) is 6.10 Å². The van der Waals surface area contributed by atoms with Crippen molar-refractivity contribution in [2.45, 2.75) is 88.2 Å². The number of halogens is 3. The van der Waals surface area contributed by atoms with E-state index in [0.717, 1.165) is 32.1 Å². The van der Waals surface area contributed by atoms with Crippen molar-refractivity contribution in [3.8, 4) is 0 Å². The molecule has 3 aliphatic rings.